The predicted molar refractivity (Wildman–Crippen MR) is 34.6 cm³/mol. The molecule has 2 aliphatic rings. The highest BCUT2D eigenvalue weighted by atomic mass is 16.7. The molecule has 0 bridgehead atoms. The lowest BCUT2D eigenvalue weighted by atomic mass is 10.0. The van der Waals surface area contributed by atoms with Crippen molar-refractivity contribution in [3.63, 3.8) is 0 Å². The van der Waals surface area contributed by atoms with Crippen LogP contribution in [0.2, 0.25) is 0 Å². The van der Waals surface area contributed by atoms with Gasteiger partial charge in [-0.3, -0.25) is 0 Å². The van der Waals surface area contributed by atoms with Crippen LogP contribution in [0, 0.1) is 5.92 Å². The van der Waals surface area contributed by atoms with Crippen molar-refractivity contribution in [1.82, 2.24) is 0 Å². The molecule has 2 unspecified atom stereocenters. The zero-order chi connectivity index (χ0) is 6.81. The van der Waals surface area contributed by atoms with Crippen molar-refractivity contribution in [2.24, 2.45) is 5.92 Å². The molecule has 0 aromatic rings. The molecule has 0 radical (unpaired) electrons. The van der Waals surface area contributed by atoms with Gasteiger partial charge >= 0.3 is 0 Å². The minimum absolute atomic E-state index is 0.308. The summed E-state index contributed by atoms with van der Waals surface area (Å²) in [5, 5.41) is 0. The summed E-state index contributed by atoms with van der Waals surface area (Å²) in [5.74, 6) is 0.586. The maximum absolute atomic E-state index is 5.43. The highest BCUT2D eigenvalue weighted by Gasteiger charge is 2.30. The van der Waals surface area contributed by atoms with Gasteiger partial charge in [0.25, 0.3) is 0 Å². The van der Waals surface area contributed by atoms with E-state index < -0.39 is 0 Å². The number of hydrogen-bond acceptors (Lipinski definition) is 3. The maximum Gasteiger partial charge on any atom is 0.146 e. The van der Waals surface area contributed by atoms with E-state index in [9.17, 15) is 0 Å². The summed E-state index contributed by atoms with van der Waals surface area (Å²) in [4.78, 5) is 0. The molecule has 0 aromatic carbocycles. The molecule has 0 spiro atoms. The average Bonchev–Trinajstić information content (AvgIpc) is 2.28. The van der Waals surface area contributed by atoms with E-state index in [2.05, 4.69) is 0 Å². The van der Waals surface area contributed by atoms with E-state index >= 15 is 0 Å². The van der Waals surface area contributed by atoms with E-state index in [0.717, 1.165) is 19.6 Å². The molecule has 0 amide bonds. The highest BCUT2D eigenvalue weighted by Crippen LogP contribution is 2.23. The number of ether oxygens (including phenoxy) is 3. The molecule has 2 aliphatic heterocycles. The van der Waals surface area contributed by atoms with Gasteiger partial charge in [0.2, 0.25) is 0 Å². The second-order valence-electron chi connectivity index (χ2n) is 2.82. The van der Waals surface area contributed by atoms with Gasteiger partial charge in [-0.15, -0.1) is 0 Å². The van der Waals surface area contributed by atoms with E-state index in [1.807, 2.05) is 0 Å². The summed E-state index contributed by atoms with van der Waals surface area (Å²) in [6.07, 6.45) is 1.44. The molecule has 10 heavy (non-hydrogen) atoms. The van der Waals surface area contributed by atoms with E-state index in [0.29, 0.717) is 25.4 Å². The standard InChI is InChI=1S/C7H12O3/c1-2-10-7-4-9-5-8-3-6(1)7/h6-7H,1-5H2. The first-order chi connectivity index (χ1) is 4.97. The van der Waals surface area contributed by atoms with Crippen LogP contribution in [0.25, 0.3) is 0 Å². The lowest BCUT2D eigenvalue weighted by molar-refractivity contribution is -0.0510. The summed E-state index contributed by atoms with van der Waals surface area (Å²) in [6, 6.07) is 0. The largest absolute Gasteiger partial charge is 0.375 e. The van der Waals surface area contributed by atoms with Crippen LogP contribution in [0.5, 0.6) is 0 Å². The highest BCUT2D eigenvalue weighted by molar-refractivity contribution is 4.76. The number of hydrogen-bond donors (Lipinski definition) is 0. The van der Waals surface area contributed by atoms with Gasteiger partial charge in [-0.2, -0.15) is 0 Å². The van der Waals surface area contributed by atoms with Gasteiger partial charge in [0, 0.05) is 12.5 Å². The molecular weight excluding hydrogens is 132 g/mol. The Morgan fingerprint density at radius 2 is 2.00 bits per heavy atom. The molecule has 3 heteroatoms. The fourth-order valence-electron chi connectivity index (χ4n) is 1.49. The topological polar surface area (TPSA) is 27.7 Å². The van der Waals surface area contributed by atoms with E-state index in [4.69, 9.17) is 14.2 Å². The lowest BCUT2D eigenvalue weighted by Crippen LogP contribution is -2.21. The van der Waals surface area contributed by atoms with Crippen molar-refractivity contribution in [2.75, 3.05) is 26.6 Å². The fraction of sp³-hybridized carbons (Fsp3) is 1.00. The first-order valence-corrected chi connectivity index (χ1v) is 3.74. The second kappa shape index (κ2) is 2.86. The van der Waals surface area contributed by atoms with Gasteiger partial charge in [-0.05, 0) is 6.42 Å². The fourth-order valence-corrected chi connectivity index (χ4v) is 1.49. The van der Waals surface area contributed by atoms with Crippen molar-refractivity contribution < 1.29 is 14.2 Å². The third kappa shape index (κ3) is 1.17. The van der Waals surface area contributed by atoms with Crippen LogP contribution >= 0.6 is 0 Å². The quantitative estimate of drug-likeness (QED) is 0.492. The summed E-state index contributed by atoms with van der Waals surface area (Å²) in [6.45, 7) is 2.84. The van der Waals surface area contributed by atoms with E-state index in [1.54, 1.807) is 0 Å². The minimum Gasteiger partial charge on any atom is -0.375 e. The third-order valence-electron chi connectivity index (χ3n) is 2.13. The molecule has 2 rings (SSSR count). The van der Waals surface area contributed by atoms with Gasteiger partial charge in [-0.25, -0.2) is 0 Å². The minimum atomic E-state index is 0.308. The number of fused-ring (bicyclic) bond motifs is 1. The van der Waals surface area contributed by atoms with Gasteiger partial charge in [0.1, 0.15) is 6.79 Å². The Morgan fingerprint density at radius 3 is 3.00 bits per heavy atom. The van der Waals surface area contributed by atoms with Gasteiger partial charge in [0.05, 0.1) is 19.3 Å². The van der Waals surface area contributed by atoms with Crippen molar-refractivity contribution in [1.29, 1.82) is 0 Å². The van der Waals surface area contributed by atoms with Crippen LogP contribution in [-0.2, 0) is 14.2 Å². The molecule has 3 nitrogen and oxygen atoms in total. The van der Waals surface area contributed by atoms with Crippen molar-refractivity contribution >= 4 is 0 Å². The molecule has 2 saturated heterocycles. The Hall–Kier alpha value is -0.120. The van der Waals surface area contributed by atoms with Crippen LogP contribution in [0.3, 0.4) is 0 Å². The smallest absolute Gasteiger partial charge is 0.146 e. The van der Waals surface area contributed by atoms with Gasteiger partial charge < -0.3 is 14.2 Å². The lowest BCUT2D eigenvalue weighted by Gasteiger charge is -2.11. The zero-order valence-electron chi connectivity index (χ0n) is 5.91. The van der Waals surface area contributed by atoms with E-state index in [1.165, 1.54) is 0 Å². The van der Waals surface area contributed by atoms with Crippen LogP contribution in [0.4, 0.5) is 0 Å². The normalized spacial score (nSPS) is 40.8. The first kappa shape index (κ1) is 6.58. The SMILES string of the molecule is C1OCC2CCOC2CO1. The van der Waals surface area contributed by atoms with Crippen molar-refractivity contribution in [3.8, 4) is 0 Å². The molecule has 0 aromatic heterocycles. The molecule has 0 N–H and O–H groups in total. The molecule has 58 valence electrons. The number of rotatable bonds is 0. The second-order valence-corrected chi connectivity index (χ2v) is 2.82. The molecule has 2 atom stereocenters. The summed E-state index contributed by atoms with van der Waals surface area (Å²) in [5.41, 5.74) is 0. The first-order valence-electron chi connectivity index (χ1n) is 3.74. The Bertz CT molecular complexity index is 103. The van der Waals surface area contributed by atoms with E-state index in [-0.39, 0.29) is 0 Å². The molecule has 0 saturated carbocycles. The maximum atomic E-state index is 5.43. The molecule has 2 heterocycles. The summed E-state index contributed by atoms with van der Waals surface area (Å²) < 4.78 is 15.8. The van der Waals surface area contributed by atoms with Crippen LogP contribution in [0.1, 0.15) is 6.42 Å². The van der Waals surface area contributed by atoms with Gasteiger partial charge in [0.15, 0.2) is 0 Å². The molecular formula is C7H12O3. The molecule has 0 aliphatic carbocycles. The van der Waals surface area contributed by atoms with Crippen molar-refractivity contribution in [3.05, 3.63) is 0 Å². The molecule has 2 fully saturated rings. The summed E-state index contributed by atoms with van der Waals surface area (Å²) in [7, 11) is 0. The van der Waals surface area contributed by atoms with Crippen LogP contribution in [-0.4, -0.2) is 32.7 Å². The Morgan fingerprint density at radius 1 is 1.10 bits per heavy atom. The van der Waals surface area contributed by atoms with Gasteiger partial charge in [-0.1, -0.05) is 0 Å². The average molecular weight is 144 g/mol. The monoisotopic (exact) mass is 144 g/mol. The summed E-state index contributed by atoms with van der Waals surface area (Å²) >= 11 is 0. The Kier molecular flexibility index (Phi) is 1.88. The van der Waals surface area contributed by atoms with Crippen LogP contribution in [0.15, 0.2) is 0 Å². The zero-order valence-corrected chi connectivity index (χ0v) is 5.91. The van der Waals surface area contributed by atoms with Crippen LogP contribution < -0.4 is 0 Å². The van der Waals surface area contributed by atoms with Crippen molar-refractivity contribution in [2.45, 2.75) is 12.5 Å². The Labute approximate surface area is 60.3 Å². The third-order valence-corrected chi connectivity index (χ3v) is 2.13. The predicted octanol–water partition coefficient (Wildman–Crippen LogP) is 0.396. The Balaban J connectivity index is 1.95.